The molecule has 3 aromatic carbocycles. The average Bonchev–Trinajstić information content (AvgIpc) is 3.30. The van der Waals surface area contributed by atoms with Gasteiger partial charge in [0.25, 0.3) is 5.91 Å². The molecule has 0 bridgehead atoms. The lowest BCUT2D eigenvalue weighted by Gasteiger charge is -2.26. The molecule has 0 fully saturated rings. The number of fused-ring (bicyclic) bond motifs is 1. The minimum Gasteiger partial charge on any atom is -0.470 e. The molecular formula is C29H23F3N4O3. The van der Waals surface area contributed by atoms with Gasteiger partial charge >= 0.3 is 12.2 Å². The second kappa shape index (κ2) is 10.9. The van der Waals surface area contributed by atoms with Crippen molar-refractivity contribution < 1.29 is 27.5 Å². The topological polar surface area (TPSA) is 83.6 Å². The number of nitrogens with zero attached hydrogens (tertiary/aromatic N) is 2. The monoisotopic (exact) mass is 532 g/mol. The van der Waals surface area contributed by atoms with Crippen LogP contribution in [0.3, 0.4) is 0 Å². The number of nitrogens with one attached hydrogen (secondary N) is 2. The molecule has 1 unspecified atom stereocenters. The van der Waals surface area contributed by atoms with Gasteiger partial charge in [0, 0.05) is 30.9 Å². The number of rotatable bonds is 6. The summed E-state index contributed by atoms with van der Waals surface area (Å²) < 4.78 is 45.6. The molecule has 39 heavy (non-hydrogen) atoms. The Morgan fingerprint density at radius 1 is 0.949 bits per heavy atom. The van der Waals surface area contributed by atoms with Crippen LogP contribution in [0.25, 0.3) is 0 Å². The molecular weight excluding hydrogens is 509 g/mol. The summed E-state index contributed by atoms with van der Waals surface area (Å²) in [6, 6.07) is 23.4. The summed E-state index contributed by atoms with van der Waals surface area (Å²) in [7, 11) is 0. The van der Waals surface area contributed by atoms with Gasteiger partial charge in [0.1, 0.15) is 11.4 Å². The highest BCUT2D eigenvalue weighted by atomic mass is 19.4. The normalized spacial score (nSPS) is 14.4. The zero-order valence-electron chi connectivity index (χ0n) is 20.5. The van der Waals surface area contributed by atoms with E-state index in [4.69, 9.17) is 4.74 Å². The van der Waals surface area contributed by atoms with Crippen LogP contribution in [-0.2, 0) is 19.1 Å². The van der Waals surface area contributed by atoms with Crippen molar-refractivity contribution in [1.82, 2.24) is 10.3 Å². The van der Waals surface area contributed by atoms with Crippen molar-refractivity contribution in [3.63, 3.8) is 0 Å². The minimum atomic E-state index is -4.54. The standard InChI is InChI=1S/C29H23F3N4O3/c30-29(31,32)21-10-6-11-22(16-21)35-28(38)36-25-12-5-4-9-20(25)15-26(36)39-23-13-14-33-24(17-23)27(37)34-18-19-7-2-1-3-8-19/h1-14,16-17,26H,15,18H2,(H,34,37)(H,35,38). The second-order valence-corrected chi connectivity index (χ2v) is 8.83. The molecule has 4 aromatic rings. The van der Waals surface area contributed by atoms with Crippen LogP contribution in [0.15, 0.2) is 97.2 Å². The van der Waals surface area contributed by atoms with Crippen LogP contribution in [0.4, 0.5) is 29.3 Å². The molecule has 10 heteroatoms. The number of hydrogen-bond donors (Lipinski definition) is 2. The van der Waals surface area contributed by atoms with E-state index in [0.29, 0.717) is 24.4 Å². The van der Waals surface area contributed by atoms with E-state index in [2.05, 4.69) is 15.6 Å². The van der Waals surface area contributed by atoms with E-state index in [1.54, 1.807) is 18.2 Å². The van der Waals surface area contributed by atoms with Gasteiger partial charge in [-0.25, -0.2) is 4.79 Å². The van der Waals surface area contributed by atoms with Crippen LogP contribution in [0.2, 0.25) is 0 Å². The lowest BCUT2D eigenvalue weighted by atomic mass is 10.2. The molecule has 7 nitrogen and oxygen atoms in total. The van der Waals surface area contributed by atoms with Crippen molar-refractivity contribution >= 4 is 23.3 Å². The van der Waals surface area contributed by atoms with E-state index in [0.717, 1.165) is 23.3 Å². The fourth-order valence-electron chi connectivity index (χ4n) is 4.28. The zero-order valence-corrected chi connectivity index (χ0v) is 20.5. The molecule has 0 saturated heterocycles. The number of urea groups is 1. The number of hydrogen-bond acceptors (Lipinski definition) is 4. The Morgan fingerprint density at radius 2 is 1.72 bits per heavy atom. The van der Waals surface area contributed by atoms with Crippen molar-refractivity contribution in [2.45, 2.75) is 25.4 Å². The summed E-state index contributed by atoms with van der Waals surface area (Å²) in [5.74, 6) is -0.0808. The third-order valence-corrected chi connectivity index (χ3v) is 6.13. The maximum absolute atomic E-state index is 13.3. The number of halogens is 3. The fourth-order valence-corrected chi connectivity index (χ4v) is 4.28. The highest BCUT2D eigenvalue weighted by Crippen LogP contribution is 2.35. The van der Waals surface area contributed by atoms with Gasteiger partial charge in [0.15, 0.2) is 6.23 Å². The fraction of sp³-hybridized carbons (Fsp3) is 0.138. The summed E-state index contributed by atoms with van der Waals surface area (Å²) in [6.45, 7) is 0.327. The summed E-state index contributed by atoms with van der Waals surface area (Å²) in [5.41, 5.74) is 1.60. The summed E-state index contributed by atoms with van der Waals surface area (Å²) in [4.78, 5) is 31.5. The largest absolute Gasteiger partial charge is 0.470 e. The zero-order chi connectivity index (χ0) is 27.4. The first-order valence-electron chi connectivity index (χ1n) is 12.1. The van der Waals surface area contributed by atoms with Gasteiger partial charge in [-0.05, 0) is 41.5 Å². The summed E-state index contributed by atoms with van der Waals surface area (Å²) >= 11 is 0. The highest BCUT2D eigenvalue weighted by molar-refractivity contribution is 6.03. The molecule has 1 aliphatic rings. The first-order chi connectivity index (χ1) is 18.8. The number of amides is 3. The number of pyridine rings is 1. The van der Waals surface area contributed by atoms with Crippen LogP contribution in [0.5, 0.6) is 5.75 Å². The molecule has 0 spiro atoms. The van der Waals surface area contributed by atoms with E-state index < -0.39 is 29.9 Å². The Hall–Kier alpha value is -4.86. The lowest BCUT2D eigenvalue weighted by molar-refractivity contribution is -0.137. The molecule has 0 saturated carbocycles. The molecule has 0 radical (unpaired) electrons. The van der Waals surface area contributed by atoms with Crippen LogP contribution < -0.4 is 20.3 Å². The Balaban J connectivity index is 1.33. The van der Waals surface area contributed by atoms with E-state index in [-0.39, 0.29) is 11.4 Å². The maximum Gasteiger partial charge on any atom is 0.416 e. The highest BCUT2D eigenvalue weighted by Gasteiger charge is 2.36. The van der Waals surface area contributed by atoms with E-state index in [1.165, 1.54) is 29.3 Å². The van der Waals surface area contributed by atoms with Crippen molar-refractivity contribution in [3.8, 4) is 5.75 Å². The molecule has 2 heterocycles. The predicted octanol–water partition coefficient (Wildman–Crippen LogP) is 6.03. The molecule has 198 valence electrons. The van der Waals surface area contributed by atoms with Gasteiger partial charge in [-0.3, -0.25) is 14.7 Å². The van der Waals surface area contributed by atoms with Gasteiger partial charge in [-0.2, -0.15) is 13.2 Å². The number of carbonyl (C=O) groups is 2. The lowest BCUT2D eigenvalue weighted by Crippen LogP contribution is -2.44. The molecule has 0 aliphatic carbocycles. The third-order valence-electron chi connectivity index (χ3n) is 6.13. The molecule has 1 atom stereocenters. The van der Waals surface area contributed by atoms with Gasteiger partial charge in [-0.15, -0.1) is 0 Å². The second-order valence-electron chi connectivity index (χ2n) is 8.83. The molecule has 1 aromatic heterocycles. The number of ether oxygens (including phenoxy) is 1. The molecule has 1 aliphatic heterocycles. The van der Waals surface area contributed by atoms with Gasteiger partial charge in [0.2, 0.25) is 0 Å². The van der Waals surface area contributed by atoms with Crippen molar-refractivity contribution in [2.75, 3.05) is 10.2 Å². The minimum absolute atomic E-state index is 0.000703. The molecule has 3 amide bonds. The Morgan fingerprint density at radius 3 is 2.51 bits per heavy atom. The summed E-state index contributed by atoms with van der Waals surface area (Å²) in [6.07, 6.45) is -3.58. The Bertz CT molecular complexity index is 1490. The number of anilines is 2. The van der Waals surface area contributed by atoms with Gasteiger partial charge in [0.05, 0.1) is 11.3 Å². The quantitative estimate of drug-likeness (QED) is 0.318. The van der Waals surface area contributed by atoms with Gasteiger partial charge < -0.3 is 15.4 Å². The third kappa shape index (κ3) is 6.01. The van der Waals surface area contributed by atoms with Crippen LogP contribution >= 0.6 is 0 Å². The van der Waals surface area contributed by atoms with Crippen LogP contribution in [0, 0.1) is 0 Å². The predicted molar refractivity (Wildman–Crippen MR) is 139 cm³/mol. The SMILES string of the molecule is O=C(NCc1ccccc1)c1cc(OC2Cc3ccccc3N2C(=O)Nc2cccc(C(F)(F)F)c2)ccn1. The molecule has 2 N–H and O–H groups in total. The van der Waals surface area contributed by atoms with E-state index in [1.807, 2.05) is 42.5 Å². The number of benzene rings is 3. The maximum atomic E-state index is 13.3. The number of para-hydroxylation sites is 1. The van der Waals surface area contributed by atoms with E-state index in [9.17, 15) is 22.8 Å². The summed E-state index contributed by atoms with van der Waals surface area (Å²) in [5, 5.41) is 5.35. The smallest absolute Gasteiger partial charge is 0.416 e. The van der Waals surface area contributed by atoms with Crippen molar-refractivity contribution in [1.29, 1.82) is 0 Å². The molecule has 5 rings (SSSR count). The first kappa shape index (κ1) is 25.8. The Kier molecular flexibility index (Phi) is 7.18. The van der Waals surface area contributed by atoms with Gasteiger partial charge in [-0.1, -0.05) is 54.6 Å². The van der Waals surface area contributed by atoms with Crippen molar-refractivity contribution in [2.24, 2.45) is 0 Å². The Labute approximate surface area is 222 Å². The van der Waals surface area contributed by atoms with Crippen LogP contribution in [-0.4, -0.2) is 23.2 Å². The van der Waals surface area contributed by atoms with Crippen molar-refractivity contribution in [3.05, 3.63) is 120 Å². The number of aromatic nitrogens is 1. The van der Waals surface area contributed by atoms with Crippen LogP contribution in [0.1, 0.15) is 27.2 Å². The van der Waals surface area contributed by atoms with E-state index >= 15 is 0 Å². The number of alkyl halides is 3. The first-order valence-corrected chi connectivity index (χ1v) is 12.1. The number of carbonyl (C=O) groups excluding carboxylic acids is 2. The average molecular weight is 533 g/mol.